The molecule has 3 nitrogen and oxygen atoms in total. The molecule has 1 aromatic rings. The van der Waals surface area contributed by atoms with Gasteiger partial charge in [0.2, 0.25) is 0 Å². The number of hydrogen-bond donors (Lipinski definition) is 0. The highest BCUT2D eigenvalue weighted by Crippen LogP contribution is 2.09. The summed E-state index contributed by atoms with van der Waals surface area (Å²) in [5, 5.41) is 8.23. The minimum absolute atomic E-state index is 0.461. The average Bonchev–Trinajstić information content (AvgIpc) is 2.89. The molecule has 0 bridgehead atoms. The van der Waals surface area contributed by atoms with Crippen LogP contribution in [0.25, 0.3) is 0 Å². The molecule has 0 N–H and O–H groups in total. The van der Waals surface area contributed by atoms with Gasteiger partial charge in [-0.1, -0.05) is 42.5 Å². The largest absolute Gasteiger partial charge is 0.434 e. The van der Waals surface area contributed by atoms with Crippen LogP contribution in [0.3, 0.4) is 0 Å². The molecular weight excluding hydrogens is 226 g/mol. The minimum atomic E-state index is 0.461. The quantitative estimate of drug-likeness (QED) is 0.429. The summed E-state index contributed by atoms with van der Waals surface area (Å²) in [5.74, 6) is 0.461. The number of rotatable bonds is 6. The van der Waals surface area contributed by atoms with Crippen LogP contribution in [-0.4, -0.2) is 0 Å². The van der Waals surface area contributed by atoms with Crippen molar-refractivity contribution in [1.82, 2.24) is 0 Å². The van der Waals surface area contributed by atoms with Crippen LogP contribution in [0.4, 0.5) is 0 Å². The van der Waals surface area contributed by atoms with Crippen LogP contribution in [0.2, 0.25) is 0 Å². The number of nitriles is 1. The van der Waals surface area contributed by atoms with E-state index in [0.717, 1.165) is 0 Å². The van der Waals surface area contributed by atoms with Crippen LogP contribution in [0.5, 0.6) is 5.95 Å². The molecule has 0 unspecified atom stereocenters. The first-order chi connectivity index (χ1) is 8.93. The van der Waals surface area contributed by atoms with Crippen LogP contribution in [0.1, 0.15) is 0 Å². The third-order valence-corrected chi connectivity index (χ3v) is 1.71. The highest BCUT2D eigenvalue weighted by atomic mass is 16.6. The van der Waals surface area contributed by atoms with Crippen molar-refractivity contribution < 1.29 is 9.15 Å². The predicted molar refractivity (Wildman–Crippen MR) is 70.6 cm³/mol. The van der Waals surface area contributed by atoms with E-state index in [0.29, 0.717) is 5.95 Å². The van der Waals surface area contributed by atoms with Gasteiger partial charge in [-0.15, -0.1) is 0 Å². The van der Waals surface area contributed by atoms with E-state index in [-0.39, 0.29) is 0 Å². The smallest absolute Gasteiger partial charge is 0.289 e. The molecule has 3 heteroatoms. The Hall–Kier alpha value is -2.73. The topological polar surface area (TPSA) is 46.2 Å². The van der Waals surface area contributed by atoms with E-state index in [1.54, 1.807) is 36.6 Å². The summed E-state index contributed by atoms with van der Waals surface area (Å²) in [6.45, 7) is 0. The zero-order chi connectivity index (χ0) is 12.9. The number of allylic oxidation sites excluding steroid dienone is 9. The fraction of sp³-hybridized carbons (Fsp3) is 0. The lowest BCUT2D eigenvalue weighted by Gasteiger charge is -1.89. The summed E-state index contributed by atoms with van der Waals surface area (Å²) in [6.07, 6.45) is 19.0. The number of hydrogen-bond acceptors (Lipinski definition) is 3. The second-order valence-corrected chi connectivity index (χ2v) is 3.02. The monoisotopic (exact) mass is 239 g/mol. The van der Waals surface area contributed by atoms with Crippen molar-refractivity contribution in [3.8, 4) is 12.0 Å². The van der Waals surface area contributed by atoms with Gasteiger partial charge in [0.25, 0.3) is 5.95 Å². The molecule has 0 amide bonds. The number of furan rings is 1. The molecule has 0 aliphatic rings. The Bertz CT molecular complexity index is 497. The molecule has 18 heavy (non-hydrogen) atoms. The minimum Gasteiger partial charge on any atom is -0.434 e. The van der Waals surface area contributed by atoms with Crippen molar-refractivity contribution in [2.75, 3.05) is 0 Å². The maximum absolute atomic E-state index is 8.23. The molecular formula is C15H13NO2. The molecule has 0 atom stereocenters. The maximum atomic E-state index is 8.23. The second kappa shape index (κ2) is 9.49. The lowest BCUT2D eigenvalue weighted by molar-refractivity contribution is 0.345. The van der Waals surface area contributed by atoms with Gasteiger partial charge < -0.3 is 9.15 Å². The van der Waals surface area contributed by atoms with Gasteiger partial charge in [-0.05, 0) is 12.1 Å². The van der Waals surface area contributed by atoms with E-state index in [4.69, 9.17) is 14.4 Å². The average molecular weight is 239 g/mol. The van der Waals surface area contributed by atoms with Gasteiger partial charge in [0, 0.05) is 12.1 Å². The van der Waals surface area contributed by atoms with E-state index in [2.05, 4.69) is 0 Å². The van der Waals surface area contributed by atoms with E-state index in [9.17, 15) is 0 Å². The Labute approximate surface area is 106 Å². The molecule has 0 fully saturated rings. The third kappa shape index (κ3) is 6.70. The van der Waals surface area contributed by atoms with Crippen LogP contribution < -0.4 is 4.74 Å². The Morgan fingerprint density at radius 2 is 1.67 bits per heavy atom. The normalized spacial score (nSPS) is 12.4. The summed E-state index contributed by atoms with van der Waals surface area (Å²) in [4.78, 5) is 0. The number of nitrogens with zero attached hydrogens (tertiary/aromatic N) is 1. The summed E-state index contributed by atoms with van der Waals surface area (Å²) in [5.41, 5.74) is 0. The van der Waals surface area contributed by atoms with Gasteiger partial charge in [-0.2, -0.15) is 5.26 Å². The first-order valence-electron chi connectivity index (χ1n) is 5.35. The molecule has 0 spiro atoms. The molecule has 0 aromatic carbocycles. The van der Waals surface area contributed by atoms with Crippen molar-refractivity contribution in [3.05, 3.63) is 79.3 Å². The molecule has 90 valence electrons. The van der Waals surface area contributed by atoms with Gasteiger partial charge >= 0.3 is 0 Å². The van der Waals surface area contributed by atoms with E-state index in [1.807, 2.05) is 36.4 Å². The van der Waals surface area contributed by atoms with Gasteiger partial charge in [-0.25, -0.2) is 0 Å². The van der Waals surface area contributed by atoms with Gasteiger partial charge in [-0.3, -0.25) is 0 Å². The van der Waals surface area contributed by atoms with E-state index >= 15 is 0 Å². The first-order valence-corrected chi connectivity index (χ1v) is 5.35. The van der Waals surface area contributed by atoms with Crippen LogP contribution in [0, 0.1) is 11.3 Å². The molecule has 0 aliphatic heterocycles. The second-order valence-electron chi connectivity index (χ2n) is 3.02. The van der Waals surface area contributed by atoms with E-state index in [1.165, 1.54) is 12.3 Å². The Balaban J connectivity index is 2.19. The lowest BCUT2D eigenvalue weighted by Crippen LogP contribution is -1.75. The van der Waals surface area contributed by atoms with Crippen LogP contribution in [-0.2, 0) is 0 Å². The standard InChI is InChI=1S/C15H13NO2/c16-12-8-6-4-2-1-3-5-7-9-13-17-15-11-10-14-18-15/h1-11,13-14H. The Morgan fingerprint density at radius 1 is 1.00 bits per heavy atom. The zero-order valence-corrected chi connectivity index (χ0v) is 9.77. The maximum Gasteiger partial charge on any atom is 0.289 e. The fourth-order valence-electron chi connectivity index (χ4n) is 0.966. The SMILES string of the molecule is N#CC=CC=CC=CC=CC=COc1ccco1. The lowest BCUT2D eigenvalue weighted by atomic mass is 10.4. The van der Waals surface area contributed by atoms with Gasteiger partial charge in [0.1, 0.15) is 0 Å². The highest BCUT2D eigenvalue weighted by molar-refractivity contribution is 5.19. The molecule has 0 saturated heterocycles. The highest BCUT2D eigenvalue weighted by Gasteiger charge is 1.88. The van der Waals surface area contributed by atoms with Gasteiger partial charge in [0.15, 0.2) is 0 Å². The molecule has 0 radical (unpaired) electrons. The first kappa shape index (κ1) is 13.3. The predicted octanol–water partition coefficient (Wildman–Crippen LogP) is 3.92. The molecule has 1 rings (SSSR count). The van der Waals surface area contributed by atoms with Crippen molar-refractivity contribution >= 4 is 0 Å². The van der Waals surface area contributed by atoms with E-state index < -0.39 is 0 Å². The Morgan fingerprint density at radius 3 is 2.28 bits per heavy atom. The van der Waals surface area contributed by atoms with Crippen LogP contribution in [0.15, 0.2) is 83.8 Å². The van der Waals surface area contributed by atoms with Gasteiger partial charge in [0.05, 0.1) is 18.6 Å². The van der Waals surface area contributed by atoms with Crippen molar-refractivity contribution in [2.45, 2.75) is 0 Å². The molecule has 0 saturated carbocycles. The summed E-state index contributed by atoms with van der Waals surface area (Å²) in [7, 11) is 0. The summed E-state index contributed by atoms with van der Waals surface area (Å²) >= 11 is 0. The zero-order valence-electron chi connectivity index (χ0n) is 9.77. The number of ether oxygens (including phenoxy) is 1. The summed E-state index contributed by atoms with van der Waals surface area (Å²) in [6, 6.07) is 5.39. The molecule has 1 aromatic heterocycles. The molecule has 1 heterocycles. The van der Waals surface area contributed by atoms with Crippen molar-refractivity contribution in [1.29, 1.82) is 5.26 Å². The van der Waals surface area contributed by atoms with Crippen molar-refractivity contribution in [2.24, 2.45) is 0 Å². The Kier molecular flexibility index (Phi) is 7.03. The van der Waals surface area contributed by atoms with Crippen molar-refractivity contribution in [3.63, 3.8) is 0 Å². The summed E-state index contributed by atoms with van der Waals surface area (Å²) < 4.78 is 10.1. The third-order valence-electron chi connectivity index (χ3n) is 1.71. The van der Waals surface area contributed by atoms with Crippen LogP contribution >= 0.6 is 0 Å². The fourth-order valence-corrected chi connectivity index (χ4v) is 0.966. The molecule has 0 aliphatic carbocycles.